The fourth-order valence-electron chi connectivity index (χ4n) is 3.24. The third kappa shape index (κ3) is 4.67. The normalized spacial score (nSPS) is 11.2. The van der Waals surface area contributed by atoms with Crippen molar-refractivity contribution in [2.75, 3.05) is 12.1 Å². The molecule has 4 rings (SSSR count). The van der Waals surface area contributed by atoms with Gasteiger partial charge in [0, 0.05) is 30.3 Å². The molecule has 7 heteroatoms. The zero-order valence-electron chi connectivity index (χ0n) is 17.7. The first-order valence-corrected chi connectivity index (χ1v) is 10.0. The molecule has 0 fully saturated rings. The van der Waals surface area contributed by atoms with E-state index in [2.05, 4.69) is 5.10 Å². The van der Waals surface area contributed by atoms with Crippen molar-refractivity contribution < 1.29 is 4.92 Å². The van der Waals surface area contributed by atoms with Crippen molar-refractivity contribution in [1.29, 1.82) is 0 Å². The highest BCUT2D eigenvalue weighted by Crippen LogP contribution is 2.26. The summed E-state index contributed by atoms with van der Waals surface area (Å²) in [5.41, 5.74) is 5.08. The molecule has 0 saturated heterocycles. The van der Waals surface area contributed by atoms with Gasteiger partial charge in [-0.25, -0.2) is 15.0 Å². The second-order valence-corrected chi connectivity index (χ2v) is 7.18. The van der Waals surface area contributed by atoms with E-state index in [-0.39, 0.29) is 5.69 Å². The third-order valence-electron chi connectivity index (χ3n) is 4.94. The molecule has 1 heterocycles. The van der Waals surface area contributed by atoms with Crippen molar-refractivity contribution >= 4 is 17.3 Å². The molecule has 0 unspecified atom stereocenters. The van der Waals surface area contributed by atoms with Gasteiger partial charge in [0.05, 0.1) is 22.0 Å². The molecule has 4 aromatic rings. The van der Waals surface area contributed by atoms with Gasteiger partial charge in [-0.1, -0.05) is 60.7 Å². The highest BCUT2D eigenvalue weighted by Gasteiger charge is 2.12. The summed E-state index contributed by atoms with van der Waals surface area (Å²) in [5.74, 6) is 0.450. The summed E-state index contributed by atoms with van der Waals surface area (Å²) in [6.07, 6.45) is 0. The Bertz CT molecular complexity index is 1200. The molecule has 0 amide bonds. The van der Waals surface area contributed by atoms with Gasteiger partial charge in [0.1, 0.15) is 0 Å². The third-order valence-corrected chi connectivity index (χ3v) is 4.94. The molecule has 0 aliphatic carbocycles. The molecule has 0 saturated carbocycles. The van der Waals surface area contributed by atoms with E-state index in [0.29, 0.717) is 11.7 Å². The summed E-state index contributed by atoms with van der Waals surface area (Å²) in [5, 5.41) is 17.1. The summed E-state index contributed by atoms with van der Waals surface area (Å²) in [4.78, 5) is 19.9. The zero-order chi connectivity index (χ0) is 22.5. The molecule has 0 aliphatic rings. The van der Waals surface area contributed by atoms with Gasteiger partial charge in [0.2, 0.25) is 5.95 Å². The van der Waals surface area contributed by atoms with E-state index >= 15 is 0 Å². The fourth-order valence-corrected chi connectivity index (χ4v) is 3.24. The Labute approximate surface area is 185 Å². The standard InChI is InChI=1S/C25H21N5O2/c1-18(19-13-15-22(16-14-19)30(31)32)28-29(2)25-26-23(20-9-5-3-6-10-20)17-24(27-25)21-11-7-4-8-12-21/h3-17H,1-2H3/b28-18-. The maximum atomic E-state index is 10.9. The van der Waals surface area contributed by atoms with Gasteiger partial charge in [0.15, 0.2) is 0 Å². The topological polar surface area (TPSA) is 84.5 Å². The van der Waals surface area contributed by atoms with Crippen LogP contribution in [0.1, 0.15) is 12.5 Å². The number of non-ortho nitro benzene ring substituents is 1. The minimum atomic E-state index is -0.420. The zero-order valence-corrected chi connectivity index (χ0v) is 17.7. The first-order valence-electron chi connectivity index (χ1n) is 10.0. The van der Waals surface area contributed by atoms with Crippen molar-refractivity contribution in [2.24, 2.45) is 5.10 Å². The maximum absolute atomic E-state index is 10.9. The van der Waals surface area contributed by atoms with Gasteiger partial charge in [-0.2, -0.15) is 5.10 Å². The number of nitrogens with zero attached hydrogens (tertiary/aromatic N) is 5. The van der Waals surface area contributed by atoms with Crippen LogP contribution in [0.5, 0.6) is 0 Å². The summed E-state index contributed by atoms with van der Waals surface area (Å²) in [7, 11) is 1.79. The number of rotatable bonds is 6. The molecular weight excluding hydrogens is 402 g/mol. The molecule has 0 spiro atoms. The van der Waals surface area contributed by atoms with Crippen LogP contribution in [0.25, 0.3) is 22.5 Å². The lowest BCUT2D eigenvalue weighted by atomic mass is 10.1. The molecule has 3 aromatic carbocycles. The summed E-state index contributed by atoms with van der Waals surface area (Å²) >= 11 is 0. The van der Waals surface area contributed by atoms with Crippen molar-refractivity contribution in [2.45, 2.75) is 6.92 Å². The molecular formula is C25H21N5O2. The van der Waals surface area contributed by atoms with E-state index in [0.717, 1.165) is 28.1 Å². The summed E-state index contributed by atoms with van der Waals surface area (Å²) in [6.45, 7) is 1.84. The van der Waals surface area contributed by atoms with Gasteiger partial charge in [-0.15, -0.1) is 0 Å². The van der Waals surface area contributed by atoms with Crippen LogP contribution in [-0.2, 0) is 0 Å². The van der Waals surface area contributed by atoms with Gasteiger partial charge < -0.3 is 0 Å². The second-order valence-electron chi connectivity index (χ2n) is 7.18. The Morgan fingerprint density at radius 1 is 0.844 bits per heavy atom. The molecule has 7 nitrogen and oxygen atoms in total. The number of nitro benzene ring substituents is 1. The van der Waals surface area contributed by atoms with Crippen LogP contribution in [0.3, 0.4) is 0 Å². The molecule has 158 valence electrons. The summed E-state index contributed by atoms with van der Waals surface area (Å²) < 4.78 is 0. The van der Waals surface area contributed by atoms with E-state index in [1.54, 1.807) is 24.2 Å². The highest BCUT2D eigenvalue weighted by atomic mass is 16.6. The number of nitro groups is 1. The smallest absolute Gasteiger partial charge is 0.258 e. The number of hydrazone groups is 1. The number of benzene rings is 3. The lowest BCUT2D eigenvalue weighted by Crippen LogP contribution is -2.16. The van der Waals surface area contributed by atoms with Gasteiger partial charge >= 0.3 is 0 Å². The molecule has 32 heavy (non-hydrogen) atoms. The Balaban J connectivity index is 1.72. The Morgan fingerprint density at radius 3 is 1.81 bits per heavy atom. The average molecular weight is 423 g/mol. The molecule has 0 N–H and O–H groups in total. The van der Waals surface area contributed by atoms with E-state index in [4.69, 9.17) is 9.97 Å². The SMILES string of the molecule is C/C(=N/N(C)c1nc(-c2ccccc2)cc(-c2ccccc2)n1)c1ccc([N+](=O)[O-])cc1. The molecule has 0 aliphatic heterocycles. The van der Waals surface area contributed by atoms with Gasteiger partial charge in [-0.05, 0) is 30.7 Å². The second kappa shape index (κ2) is 9.18. The minimum Gasteiger partial charge on any atom is -0.258 e. The van der Waals surface area contributed by atoms with Crippen molar-refractivity contribution in [3.05, 3.63) is 107 Å². The largest absolute Gasteiger partial charge is 0.269 e. The van der Waals surface area contributed by atoms with Crippen LogP contribution in [0.4, 0.5) is 11.6 Å². The Morgan fingerprint density at radius 2 is 1.34 bits per heavy atom. The monoisotopic (exact) mass is 423 g/mol. The molecule has 0 radical (unpaired) electrons. The molecule has 0 atom stereocenters. The minimum absolute atomic E-state index is 0.0429. The van der Waals surface area contributed by atoms with Crippen LogP contribution in [-0.4, -0.2) is 27.7 Å². The first kappa shape index (κ1) is 20.9. The maximum Gasteiger partial charge on any atom is 0.269 e. The van der Waals surface area contributed by atoms with Crippen molar-refractivity contribution in [3.8, 4) is 22.5 Å². The van der Waals surface area contributed by atoms with Crippen LogP contribution >= 0.6 is 0 Å². The quantitative estimate of drug-likeness (QED) is 0.230. The van der Waals surface area contributed by atoms with E-state index < -0.39 is 4.92 Å². The number of anilines is 1. The number of aromatic nitrogens is 2. The van der Waals surface area contributed by atoms with Crippen LogP contribution in [0.15, 0.2) is 96.1 Å². The van der Waals surface area contributed by atoms with Gasteiger partial charge in [-0.3, -0.25) is 10.1 Å². The van der Waals surface area contributed by atoms with E-state index in [1.807, 2.05) is 73.7 Å². The van der Waals surface area contributed by atoms with E-state index in [1.165, 1.54) is 12.1 Å². The first-order chi connectivity index (χ1) is 15.5. The van der Waals surface area contributed by atoms with E-state index in [9.17, 15) is 10.1 Å². The lowest BCUT2D eigenvalue weighted by Gasteiger charge is -2.15. The molecule has 1 aromatic heterocycles. The average Bonchev–Trinajstić information content (AvgIpc) is 2.85. The van der Waals surface area contributed by atoms with Crippen molar-refractivity contribution in [1.82, 2.24) is 9.97 Å². The lowest BCUT2D eigenvalue weighted by molar-refractivity contribution is -0.384. The van der Waals surface area contributed by atoms with Crippen molar-refractivity contribution in [3.63, 3.8) is 0 Å². The fraction of sp³-hybridized carbons (Fsp3) is 0.0800. The Kier molecular flexibility index (Phi) is 5.98. The number of hydrogen-bond donors (Lipinski definition) is 0. The summed E-state index contributed by atoms with van der Waals surface area (Å²) in [6, 6.07) is 28.1. The molecule has 0 bridgehead atoms. The predicted octanol–water partition coefficient (Wildman–Crippen LogP) is 5.58. The van der Waals surface area contributed by atoms with Crippen LogP contribution in [0, 0.1) is 10.1 Å². The van der Waals surface area contributed by atoms with Crippen LogP contribution < -0.4 is 5.01 Å². The highest BCUT2D eigenvalue weighted by molar-refractivity contribution is 5.99. The number of hydrogen-bond acceptors (Lipinski definition) is 6. The predicted molar refractivity (Wildman–Crippen MR) is 127 cm³/mol. The Hall–Kier alpha value is -4.39. The van der Waals surface area contributed by atoms with Gasteiger partial charge in [0.25, 0.3) is 5.69 Å². The van der Waals surface area contributed by atoms with Crippen LogP contribution in [0.2, 0.25) is 0 Å².